The van der Waals surface area contributed by atoms with Gasteiger partial charge < -0.3 is 9.72 Å². The largest absolute Gasteiger partial charge is 0.496 e. The number of aromatic amines is 1. The molecule has 0 fully saturated rings. The van der Waals surface area contributed by atoms with Crippen LogP contribution in [0.5, 0.6) is 5.75 Å². The van der Waals surface area contributed by atoms with Crippen molar-refractivity contribution >= 4 is 12.2 Å². The van der Waals surface area contributed by atoms with E-state index in [-0.39, 0.29) is 10.5 Å². The predicted molar refractivity (Wildman–Crippen MR) is 75.9 cm³/mol. The van der Waals surface area contributed by atoms with Crippen LogP contribution in [0.25, 0.3) is 11.3 Å². The van der Waals surface area contributed by atoms with Crippen molar-refractivity contribution in [3.63, 3.8) is 0 Å². The first-order valence-corrected chi connectivity index (χ1v) is 6.48. The number of halogens is 3. The molecule has 7 heteroatoms. The van der Waals surface area contributed by atoms with Crippen LogP contribution in [0.4, 0.5) is 13.2 Å². The molecule has 0 atom stereocenters. The van der Waals surface area contributed by atoms with Gasteiger partial charge in [-0.25, -0.2) is 4.98 Å². The van der Waals surface area contributed by atoms with Crippen molar-refractivity contribution < 1.29 is 17.9 Å². The molecule has 3 nitrogen and oxygen atoms in total. The summed E-state index contributed by atoms with van der Waals surface area (Å²) in [6.45, 7) is 3.74. The quantitative estimate of drug-likeness (QED) is 0.832. The van der Waals surface area contributed by atoms with Crippen molar-refractivity contribution in [3.8, 4) is 17.0 Å². The third-order valence-electron chi connectivity index (χ3n) is 3.21. The van der Waals surface area contributed by atoms with E-state index < -0.39 is 11.9 Å². The number of rotatable bonds is 2. The second-order valence-corrected chi connectivity index (χ2v) is 4.96. The molecule has 0 saturated carbocycles. The third kappa shape index (κ3) is 3.07. The molecule has 21 heavy (non-hydrogen) atoms. The summed E-state index contributed by atoms with van der Waals surface area (Å²) >= 11 is 4.79. The Hall–Kier alpha value is -1.89. The SMILES string of the molecule is COc1c(-c2cc(C(F)(F)F)[nH]c(=S)n2)ccc(C)c1C. The topological polar surface area (TPSA) is 37.9 Å². The van der Waals surface area contributed by atoms with Gasteiger partial charge in [-0.05, 0) is 49.3 Å². The molecule has 2 rings (SSSR count). The third-order valence-corrected chi connectivity index (χ3v) is 3.40. The van der Waals surface area contributed by atoms with E-state index in [1.807, 2.05) is 19.9 Å². The van der Waals surface area contributed by atoms with Gasteiger partial charge in [0.2, 0.25) is 0 Å². The fourth-order valence-electron chi connectivity index (χ4n) is 2.00. The Bertz CT molecular complexity index is 738. The smallest absolute Gasteiger partial charge is 0.431 e. The minimum absolute atomic E-state index is 0.131. The summed E-state index contributed by atoms with van der Waals surface area (Å²) in [4.78, 5) is 6.03. The Kier molecular flexibility index (Phi) is 4.04. The van der Waals surface area contributed by atoms with Crippen LogP contribution in [-0.4, -0.2) is 17.1 Å². The summed E-state index contributed by atoms with van der Waals surface area (Å²) in [5.41, 5.74) is 1.51. The highest BCUT2D eigenvalue weighted by atomic mass is 32.1. The van der Waals surface area contributed by atoms with E-state index in [2.05, 4.69) is 9.97 Å². The van der Waals surface area contributed by atoms with E-state index in [9.17, 15) is 13.2 Å². The van der Waals surface area contributed by atoms with E-state index in [1.54, 1.807) is 6.07 Å². The molecule has 0 saturated heterocycles. The normalized spacial score (nSPS) is 11.5. The first-order valence-electron chi connectivity index (χ1n) is 6.07. The maximum absolute atomic E-state index is 12.9. The van der Waals surface area contributed by atoms with E-state index in [4.69, 9.17) is 17.0 Å². The Morgan fingerprint density at radius 2 is 1.90 bits per heavy atom. The zero-order valence-corrected chi connectivity index (χ0v) is 12.4. The van der Waals surface area contributed by atoms with Gasteiger partial charge in [-0.2, -0.15) is 13.2 Å². The number of aromatic nitrogens is 2. The number of ether oxygens (including phenoxy) is 1. The average Bonchev–Trinajstić information content (AvgIpc) is 2.40. The van der Waals surface area contributed by atoms with Crippen LogP contribution >= 0.6 is 12.2 Å². The van der Waals surface area contributed by atoms with E-state index in [0.717, 1.165) is 17.2 Å². The fraction of sp³-hybridized carbons (Fsp3) is 0.286. The molecule has 1 N–H and O–H groups in total. The maximum Gasteiger partial charge on any atom is 0.431 e. The van der Waals surface area contributed by atoms with Gasteiger partial charge in [0.25, 0.3) is 0 Å². The summed E-state index contributed by atoms with van der Waals surface area (Å²) in [7, 11) is 1.47. The second kappa shape index (κ2) is 5.48. The first kappa shape index (κ1) is 15.5. The minimum Gasteiger partial charge on any atom is -0.496 e. The molecule has 0 aliphatic heterocycles. The van der Waals surface area contributed by atoms with Crippen LogP contribution in [0.3, 0.4) is 0 Å². The zero-order chi connectivity index (χ0) is 15.8. The molecular weight excluding hydrogens is 301 g/mol. The molecule has 112 valence electrons. The lowest BCUT2D eigenvalue weighted by atomic mass is 10.0. The van der Waals surface area contributed by atoms with Gasteiger partial charge in [0.1, 0.15) is 11.4 Å². The van der Waals surface area contributed by atoms with Crippen LogP contribution in [0.2, 0.25) is 0 Å². The Morgan fingerprint density at radius 1 is 1.24 bits per heavy atom. The van der Waals surface area contributed by atoms with Crippen molar-refractivity contribution in [2.75, 3.05) is 7.11 Å². The summed E-state index contributed by atoms with van der Waals surface area (Å²) in [5.74, 6) is 0.497. The molecule has 1 heterocycles. The number of hydrogen-bond donors (Lipinski definition) is 1. The van der Waals surface area contributed by atoms with Crippen LogP contribution in [0.15, 0.2) is 18.2 Å². The van der Waals surface area contributed by atoms with E-state index in [1.165, 1.54) is 7.11 Å². The van der Waals surface area contributed by atoms with Gasteiger partial charge in [-0.3, -0.25) is 0 Å². The number of alkyl halides is 3. The maximum atomic E-state index is 12.9. The van der Waals surface area contributed by atoms with Gasteiger partial charge in [-0.1, -0.05) is 6.07 Å². The lowest BCUT2D eigenvalue weighted by molar-refractivity contribution is -0.141. The van der Waals surface area contributed by atoms with Gasteiger partial charge in [0, 0.05) is 5.56 Å². The van der Waals surface area contributed by atoms with Crippen molar-refractivity contribution in [2.24, 2.45) is 0 Å². The Labute approximate surface area is 124 Å². The molecule has 0 aliphatic carbocycles. The molecule has 1 aromatic heterocycles. The standard InChI is InChI=1S/C14H13F3N2OS/c1-7-4-5-9(12(20-3)8(7)2)10-6-11(14(15,16)17)19-13(21)18-10/h4-6H,1-3H3,(H,18,19,21). The molecule has 1 aromatic carbocycles. The number of nitrogens with one attached hydrogen (secondary N) is 1. The Morgan fingerprint density at radius 3 is 2.48 bits per heavy atom. The monoisotopic (exact) mass is 314 g/mol. The highest BCUT2D eigenvalue weighted by molar-refractivity contribution is 7.71. The van der Waals surface area contributed by atoms with E-state index in [0.29, 0.717) is 11.3 Å². The van der Waals surface area contributed by atoms with Crippen LogP contribution in [0, 0.1) is 18.6 Å². The highest BCUT2D eigenvalue weighted by Crippen LogP contribution is 2.35. The molecule has 0 aliphatic rings. The molecule has 0 radical (unpaired) electrons. The number of aryl methyl sites for hydroxylation is 1. The number of nitrogens with zero attached hydrogens (tertiary/aromatic N) is 1. The van der Waals surface area contributed by atoms with Crippen LogP contribution in [-0.2, 0) is 6.18 Å². The van der Waals surface area contributed by atoms with Gasteiger partial charge in [-0.15, -0.1) is 0 Å². The van der Waals surface area contributed by atoms with Crippen molar-refractivity contribution in [1.82, 2.24) is 9.97 Å². The minimum atomic E-state index is -4.52. The van der Waals surface area contributed by atoms with Crippen LogP contribution < -0.4 is 4.74 Å². The lowest BCUT2D eigenvalue weighted by Gasteiger charge is -2.14. The number of H-pyrrole nitrogens is 1. The summed E-state index contributed by atoms with van der Waals surface area (Å²) < 4.78 is 43.6. The van der Waals surface area contributed by atoms with Crippen molar-refractivity contribution in [2.45, 2.75) is 20.0 Å². The first-order chi connectivity index (χ1) is 9.74. The molecule has 0 spiro atoms. The van der Waals surface area contributed by atoms with E-state index >= 15 is 0 Å². The zero-order valence-electron chi connectivity index (χ0n) is 11.6. The summed E-state index contributed by atoms with van der Waals surface area (Å²) in [5, 5.41) is 0. The molecular formula is C14H13F3N2OS. The summed E-state index contributed by atoms with van der Waals surface area (Å²) in [6, 6.07) is 4.42. The Balaban J connectivity index is 2.71. The van der Waals surface area contributed by atoms with Gasteiger partial charge in [0.05, 0.1) is 12.8 Å². The fourth-order valence-corrected chi connectivity index (χ4v) is 2.21. The molecule has 0 bridgehead atoms. The van der Waals surface area contributed by atoms with Gasteiger partial charge in [0.15, 0.2) is 4.77 Å². The van der Waals surface area contributed by atoms with Crippen molar-refractivity contribution in [3.05, 3.63) is 39.8 Å². The van der Waals surface area contributed by atoms with Crippen molar-refractivity contribution in [1.29, 1.82) is 0 Å². The second-order valence-electron chi connectivity index (χ2n) is 4.57. The lowest BCUT2D eigenvalue weighted by Crippen LogP contribution is -2.09. The molecule has 2 aromatic rings. The summed E-state index contributed by atoms with van der Waals surface area (Å²) in [6.07, 6.45) is -4.52. The van der Waals surface area contributed by atoms with Gasteiger partial charge >= 0.3 is 6.18 Å². The number of hydrogen-bond acceptors (Lipinski definition) is 3. The molecule has 0 unspecified atom stereocenters. The number of benzene rings is 1. The predicted octanol–water partition coefficient (Wildman–Crippen LogP) is 4.45. The highest BCUT2D eigenvalue weighted by Gasteiger charge is 2.32. The number of methoxy groups -OCH3 is 1. The average molecular weight is 314 g/mol. The molecule has 0 amide bonds. The van der Waals surface area contributed by atoms with Crippen LogP contribution in [0.1, 0.15) is 16.8 Å².